The lowest BCUT2D eigenvalue weighted by molar-refractivity contribution is 0.185. The first-order valence-electron chi connectivity index (χ1n) is 7.50. The summed E-state index contributed by atoms with van der Waals surface area (Å²) in [6.07, 6.45) is 1.45. The van der Waals surface area contributed by atoms with E-state index in [0.717, 1.165) is 18.6 Å². The fourth-order valence-electron chi connectivity index (χ4n) is 2.19. The summed E-state index contributed by atoms with van der Waals surface area (Å²) in [5.74, 6) is 0.883. The number of aliphatic hydroxyl groups is 1. The van der Waals surface area contributed by atoms with Gasteiger partial charge in [0.2, 0.25) is 0 Å². The number of aryl methyl sites for hydroxylation is 3. The second kappa shape index (κ2) is 7.28. The van der Waals surface area contributed by atoms with Crippen molar-refractivity contribution in [3.05, 3.63) is 64.7 Å². The van der Waals surface area contributed by atoms with Gasteiger partial charge in [-0.1, -0.05) is 30.3 Å². The van der Waals surface area contributed by atoms with Crippen LogP contribution in [0, 0.1) is 13.8 Å². The average molecular weight is 284 g/mol. The molecule has 0 fully saturated rings. The summed E-state index contributed by atoms with van der Waals surface area (Å²) in [4.78, 5) is 0. The number of rotatable bonds is 6. The van der Waals surface area contributed by atoms with Crippen LogP contribution in [-0.2, 0) is 13.0 Å². The summed E-state index contributed by atoms with van der Waals surface area (Å²) in [7, 11) is 0. The molecule has 2 aromatic rings. The van der Waals surface area contributed by atoms with Crippen molar-refractivity contribution in [2.24, 2.45) is 0 Å². The minimum absolute atomic E-state index is 0.245. The third kappa shape index (κ3) is 4.91. The number of hydrogen-bond acceptors (Lipinski definition) is 2. The standard InChI is InChI=1S/C19H24O2/c1-14-4-6-18(12-15(14)2)13-21-19-10-8-17(9-11-19)7-5-16(3)20/h4,6,8-12,16,20H,5,7,13H2,1-3H3. The molecule has 0 aromatic heterocycles. The van der Waals surface area contributed by atoms with Crippen LogP contribution in [0.5, 0.6) is 5.75 Å². The predicted octanol–water partition coefficient (Wildman–Crippen LogP) is 4.20. The highest BCUT2D eigenvalue weighted by Crippen LogP contribution is 2.17. The van der Waals surface area contributed by atoms with Crippen LogP contribution in [0.25, 0.3) is 0 Å². The van der Waals surface area contributed by atoms with E-state index in [4.69, 9.17) is 4.74 Å². The highest BCUT2D eigenvalue weighted by molar-refractivity contribution is 5.31. The molecule has 21 heavy (non-hydrogen) atoms. The molecule has 0 heterocycles. The van der Waals surface area contributed by atoms with Gasteiger partial charge in [0.15, 0.2) is 0 Å². The molecule has 2 nitrogen and oxygen atoms in total. The van der Waals surface area contributed by atoms with Crippen molar-refractivity contribution in [3.8, 4) is 5.75 Å². The van der Waals surface area contributed by atoms with Crippen LogP contribution in [0.4, 0.5) is 0 Å². The van der Waals surface area contributed by atoms with Gasteiger partial charge in [-0.25, -0.2) is 0 Å². The molecule has 0 bridgehead atoms. The molecule has 0 aliphatic heterocycles. The Kier molecular flexibility index (Phi) is 5.40. The lowest BCUT2D eigenvalue weighted by Gasteiger charge is -2.09. The van der Waals surface area contributed by atoms with Crippen LogP contribution < -0.4 is 4.74 Å². The fraction of sp³-hybridized carbons (Fsp3) is 0.368. The molecule has 1 atom stereocenters. The third-order valence-corrected chi connectivity index (χ3v) is 3.75. The summed E-state index contributed by atoms with van der Waals surface area (Å²) in [6.45, 7) is 6.65. The Balaban J connectivity index is 1.89. The highest BCUT2D eigenvalue weighted by atomic mass is 16.5. The topological polar surface area (TPSA) is 29.5 Å². The maximum Gasteiger partial charge on any atom is 0.119 e. The molecule has 1 unspecified atom stereocenters. The molecular weight excluding hydrogens is 260 g/mol. The molecule has 0 amide bonds. The minimum Gasteiger partial charge on any atom is -0.489 e. The van der Waals surface area contributed by atoms with Gasteiger partial charge < -0.3 is 9.84 Å². The van der Waals surface area contributed by atoms with E-state index >= 15 is 0 Å². The number of aliphatic hydroxyl groups excluding tert-OH is 1. The maximum absolute atomic E-state index is 9.30. The van der Waals surface area contributed by atoms with E-state index in [1.165, 1.54) is 22.3 Å². The first-order chi connectivity index (χ1) is 10.0. The van der Waals surface area contributed by atoms with Gasteiger partial charge in [-0.2, -0.15) is 0 Å². The van der Waals surface area contributed by atoms with Gasteiger partial charge in [0.05, 0.1) is 6.10 Å². The molecule has 112 valence electrons. The van der Waals surface area contributed by atoms with Gasteiger partial charge in [0, 0.05) is 0 Å². The zero-order chi connectivity index (χ0) is 15.2. The third-order valence-electron chi connectivity index (χ3n) is 3.75. The molecule has 0 spiro atoms. The quantitative estimate of drug-likeness (QED) is 0.861. The molecule has 0 radical (unpaired) electrons. The largest absolute Gasteiger partial charge is 0.489 e. The Morgan fingerprint density at radius 3 is 2.24 bits per heavy atom. The smallest absolute Gasteiger partial charge is 0.119 e. The van der Waals surface area contributed by atoms with E-state index in [9.17, 15) is 5.11 Å². The van der Waals surface area contributed by atoms with Crippen molar-refractivity contribution < 1.29 is 9.84 Å². The second-order valence-electron chi connectivity index (χ2n) is 5.74. The monoisotopic (exact) mass is 284 g/mol. The Labute approximate surface area is 127 Å². The lowest BCUT2D eigenvalue weighted by atomic mass is 10.1. The first kappa shape index (κ1) is 15.6. The summed E-state index contributed by atoms with van der Waals surface area (Å²) < 4.78 is 5.82. The Morgan fingerprint density at radius 1 is 0.952 bits per heavy atom. The number of ether oxygens (including phenoxy) is 1. The van der Waals surface area contributed by atoms with Gasteiger partial charge in [-0.05, 0) is 68.0 Å². The van der Waals surface area contributed by atoms with Crippen LogP contribution in [0.2, 0.25) is 0 Å². The molecule has 1 N–H and O–H groups in total. The fourth-order valence-corrected chi connectivity index (χ4v) is 2.19. The van der Waals surface area contributed by atoms with Crippen molar-refractivity contribution >= 4 is 0 Å². The molecule has 0 aliphatic carbocycles. The number of benzene rings is 2. The summed E-state index contributed by atoms with van der Waals surface area (Å²) in [5, 5.41) is 9.30. The van der Waals surface area contributed by atoms with E-state index in [-0.39, 0.29) is 6.10 Å². The van der Waals surface area contributed by atoms with Crippen LogP contribution in [0.1, 0.15) is 35.6 Å². The van der Waals surface area contributed by atoms with E-state index in [0.29, 0.717) is 6.61 Å². The van der Waals surface area contributed by atoms with E-state index in [2.05, 4.69) is 44.2 Å². The van der Waals surface area contributed by atoms with Crippen LogP contribution >= 0.6 is 0 Å². The molecule has 2 aromatic carbocycles. The predicted molar refractivity (Wildman–Crippen MR) is 86.7 cm³/mol. The van der Waals surface area contributed by atoms with Crippen molar-refractivity contribution in [1.29, 1.82) is 0 Å². The van der Waals surface area contributed by atoms with Crippen molar-refractivity contribution in [3.63, 3.8) is 0 Å². The summed E-state index contributed by atoms with van der Waals surface area (Å²) in [6, 6.07) is 14.5. The molecule has 0 saturated heterocycles. The normalized spacial score (nSPS) is 12.2. The van der Waals surface area contributed by atoms with E-state index < -0.39 is 0 Å². The summed E-state index contributed by atoms with van der Waals surface area (Å²) in [5.41, 5.74) is 5.02. The van der Waals surface area contributed by atoms with Crippen LogP contribution in [0.15, 0.2) is 42.5 Å². The van der Waals surface area contributed by atoms with Gasteiger partial charge >= 0.3 is 0 Å². The van der Waals surface area contributed by atoms with E-state index in [1.807, 2.05) is 19.1 Å². The van der Waals surface area contributed by atoms with Crippen molar-refractivity contribution in [1.82, 2.24) is 0 Å². The minimum atomic E-state index is -0.245. The second-order valence-corrected chi connectivity index (χ2v) is 5.74. The molecule has 2 rings (SSSR count). The zero-order valence-electron chi connectivity index (χ0n) is 13.1. The Hall–Kier alpha value is -1.80. The SMILES string of the molecule is Cc1ccc(COc2ccc(CCC(C)O)cc2)cc1C. The van der Waals surface area contributed by atoms with Gasteiger partial charge in [0.1, 0.15) is 12.4 Å². The van der Waals surface area contributed by atoms with Crippen molar-refractivity contribution in [2.75, 3.05) is 0 Å². The van der Waals surface area contributed by atoms with E-state index in [1.54, 1.807) is 0 Å². The van der Waals surface area contributed by atoms with Crippen LogP contribution in [-0.4, -0.2) is 11.2 Å². The first-order valence-corrected chi connectivity index (χ1v) is 7.50. The molecular formula is C19H24O2. The lowest BCUT2D eigenvalue weighted by Crippen LogP contribution is -2.01. The maximum atomic E-state index is 9.30. The van der Waals surface area contributed by atoms with Gasteiger partial charge in [0.25, 0.3) is 0 Å². The summed E-state index contributed by atoms with van der Waals surface area (Å²) >= 11 is 0. The molecule has 0 saturated carbocycles. The van der Waals surface area contributed by atoms with Gasteiger partial charge in [-0.15, -0.1) is 0 Å². The van der Waals surface area contributed by atoms with Gasteiger partial charge in [-0.3, -0.25) is 0 Å². The average Bonchev–Trinajstić information content (AvgIpc) is 2.47. The zero-order valence-corrected chi connectivity index (χ0v) is 13.1. The van der Waals surface area contributed by atoms with Crippen molar-refractivity contribution in [2.45, 2.75) is 46.3 Å². The van der Waals surface area contributed by atoms with Crippen LogP contribution in [0.3, 0.4) is 0 Å². The Bertz CT molecular complexity index is 571. The molecule has 2 heteroatoms. The highest BCUT2D eigenvalue weighted by Gasteiger charge is 2.01. The Morgan fingerprint density at radius 2 is 1.62 bits per heavy atom. The number of hydrogen-bond donors (Lipinski definition) is 1. The molecule has 0 aliphatic rings.